The molecule has 2 aromatic heterocycles. The number of nitrogens with one attached hydrogen (secondary N) is 1. The molecule has 0 spiro atoms. The highest BCUT2D eigenvalue weighted by Gasteiger charge is 2.29. The van der Waals surface area contributed by atoms with Gasteiger partial charge in [-0.05, 0) is 32.8 Å². The molecule has 3 heterocycles. The van der Waals surface area contributed by atoms with Crippen molar-refractivity contribution in [1.29, 1.82) is 0 Å². The second-order valence-corrected chi connectivity index (χ2v) is 8.15. The van der Waals surface area contributed by atoms with E-state index in [9.17, 15) is 13.2 Å². The Kier molecular flexibility index (Phi) is 4.70. The molecule has 1 aliphatic rings. The molecule has 0 saturated carbocycles. The summed E-state index contributed by atoms with van der Waals surface area (Å²) in [7, 11) is -1.89. The van der Waals surface area contributed by atoms with Gasteiger partial charge in [-0.3, -0.25) is 4.79 Å². The summed E-state index contributed by atoms with van der Waals surface area (Å²) in [5, 5.41) is 2.71. The van der Waals surface area contributed by atoms with Gasteiger partial charge in [0, 0.05) is 26.3 Å². The van der Waals surface area contributed by atoms with Crippen LogP contribution in [0, 0.1) is 13.8 Å². The largest absolute Gasteiger partial charge is 0.444 e. The van der Waals surface area contributed by atoms with Crippen LogP contribution in [-0.4, -0.2) is 41.3 Å². The molecule has 1 amide bonds. The van der Waals surface area contributed by atoms with E-state index in [0.29, 0.717) is 24.7 Å². The fourth-order valence-electron chi connectivity index (χ4n) is 2.84. The lowest BCUT2D eigenvalue weighted by Crippen LogP contribution is -2.27. The van der Waals surface area contributed by atoms with Crippen molar-refractivity contribution in [2.45, 2.75) is 38.1 Å². The van der Waals surface area contributed by atoms with E-state index >= 15 is 0 Å². The molecular weight excluding hydrogens is 344 g/mol. The Hall–Kier alpha value is -2.13. The van der Waals surface area contributed by atoms with Crippen molar-refractivity contribution in [3.05, 3.63) is 35.3 Å². The molecule has 136 valence electrons. The molecule has 1 fully saturated rings. The van der Waals surface area contributed by atoms with Crippen molar-refractivity contribution >= 4 is 15.9 Å². The zero-order valence-electron chi connectivity index (χ0n) is 14.6. The van der Waals surface area contributed by atoms with Gasteiger partial charge in [0.25, 0.3) is 5.91 Å². The maximum atomic E-state index is 12.6. The van der Waals surface area contributed by atoms with Crippen molar-refractivity contribution in [2.24, 2.45) is 7.05 Å². The topological polar surface area (TPSA) is 97.4 Å². The molecule has 0 unspecified atom stereocenters. The predicted molar refractivity (Wildman–Crippen MR) is 90.6 cm³/mol. The van der Waals surface area contributed by atoms with E-state index < -0.39 is 10.0 Å². The zero-order valence-corrected chi connectivity index (χ0v) is 15.4. The van der Waals surface area contributed by atoms with Gasteiger partial charge in [0.2, 0.25) is 15.9 Å². The molecule has 2 aromatic rings. The minimum absolute atomic E-state index is 0.143. The van der Waals surface area contributed by atoms with Gasteiger partial charge >= 0.3 is 0 Å². The number of oxazole rings is 1. The number of nitrogens with zero attached hydrogens (tertiary/aromatic N) is 3. The van der Waals surface area contributed by atoms with Gasteiger partial charge in [0.05, 0.1) is 12.2 Å². The minimum Gasteiger partial charge on any atom is -0.444 e. The van der Waals surface area contributed by atoms with Gasteiger partial charge in [-0.1, -0.05) is 0 Å². The number of amides is 1. The number of aromatic nitrogens is 2. The number of carbonyl (C=O) groups excluding carboxylic acids is 1. The first-order valence-electron chi connectivity index (χ1n) is 8.16. The molecule has 8 nitrogen and oxygen atoms in total. The van der Waals surface area contributed by atoms with Crippen molar-refractivity contribution in [3.8, 4) is 0 Å². The monoisotopic (exact) mass is 366 g/mol. The van der Waals surface area contributed by atoms with E-state index in [1.165, 1.54) is 21.1 Å². The van der Waals surface area contributed by atoms with Gasteiger partial charge in [-0.2, -0.15) is 4.31 Å². The quantitative estimate of drug-likeness (QED) is 0.861. The Labute approximate surface area is 146 Å². The fourth-order valence-corrected chi connectivity index (χ4v) is 4.43. The summed E-state index contributed by atoms with van der Waals surface area (Å²) in [4.78, 5) is 16.7. The van der Waals surface area contributed by atoms with Gasteiger partial charge in [0.1, 0.15) is 16.3 Å². The molecular formula is C16H22N4O4S. The average molecular weight is 366 g/mol. The van der Waals surface area contributed by atoms with Crippen LogP contribution in [0.25, 0.3) is 0 Å². The molecule has 0 radical (unpaired) electrons. The van der Waals surface area contributed by atoms with Crippen LogP contribution in [0.3, 0.4) is 0 Å². The number of aryl methyl sites for hydroxylation is 3. The van der Waals surface area contributed by atoms with Gasteiger partial charge in [-0.15, -0.1) is 0 Å². The fraction of sp³-hybridized carbons (Fsp3) is 0.500. The van der Waals surface area contributed by atoms with Gasteiger partial charge in [0.15, 0.2) is 0 Å². The van der Waals surface area contributed by atoms with E-state index in [4.69, 9.17) is 4.42 Å². The summed E-state index contributed by atoms with van der Waals surface area (Å²) in [6.45, 7) is 4.84. The Bertz CT molecular complexity index is 872. The van der Waals surface area contributed by atoms with E-state index in [1.54, 1.807) is 14.0 Å². The second-order valence-electron chi connectivity index (χ2n) is 6.22. The highest BCUT2D eigenvalue weighted by atomic mass is 32.2. The summed E-state index contributed by atoms with van der Waals surface area (Å²) in [5.41, 5.74) is 1.06. The lowest BCUT2D eigenvalue weighted by atomic mass is 10.4. The number of hydrogen-bond donors (Lipinski definition) is 1. The summed E-state index contributed by atoms with van der Waals surface area (Å²) in [6, 6.07) is 1.41. The lowest BCUT2D eigenvalue weighted by Gasteiger charge is -2.13. The SMILES string of the molecule is Cc1nc(CNC(=O)c2cc(S(=O)(=O)N3CCCC3)cn2C)oc1C. The molecule has 3 rings (SSSR count). The highest BCUT2D eigenvalue weighted by molar-refractivity contribution is 7.89. The van der Waals surface area contributed by atoms with Crippen LogP contribution >= 0.6 is 0 Å². The summed E-state index contributed by atoms with van der Waals surface area (Å²) >= 11 is 0. The molecule has 0 aromatic carbocycles. The number of hydrogen-bond acceptors (Lipinski definition) is 5. The molecule has 0 atom stereocenters. The predicted octanol–water partition coefficient (Wildman–Crippen LogP) is 1.34. The van der Waals surface area contributed by atoms with Crippen LogP contribution in [0.4, 0.5) is 0 Å². The van der Waals surface area contributed by atoms with E-state index in [1.807, 2.05) is 6.92 Å². The van der Waals surface area contributed by atoms with E-state index in [0.717, 1.165) is 18.5 Å². The van der Waals surface area contributed by atoms with Crippen LogP contribution < -0.4 is 5.32 Å². The molecule has 25 heavy (non-hydrogen) atoms. The van der Waals surface area contributed by atoms with E-state index in [2.05, 4.69) is 10.3 Å². The first-order valence-corrected chi connectivity index (χ1v) is 9.60. The smallest absolute Gasteiger partial charge is 0.268 e. The third kappa shape index (κ3) is 3.47. The first kappa shape index (κ1) is 17.7. The Morgan fingerprint density at radius 2 is 2.00 bits per heavy atom. The maximum Gasteiger partial charge on any atom is 0.268 e. The molecule has 9 heteroatoms. The number of carbonyl (C=O) groups is 1. The molecule has 1 aliphatic heterocycles. The normalized spacial score (nSPS) is 15.6. The van der Waals surface area contributed by atoms with Crippen LogP contribution in [0.15, 0.2) is 21.6 Å². The van der Waals surface area contributed by atoms with Crippen molar-refractivity contribution in [3.63, 3.8) is 0 Å². The maximum absolute atomic E-state index is 12.6. The molecule has 0 bridgehead atoms. The average Bonchev–Trinajstić information content (AvgIpc) is 3.27. The third-order valence-corrected chi connectivity index (χ3v) is 6.25. The number of sulfonamides is 1. The zero-order chi connectivity index (χ0) is 18.2. The standard InChI is InChI=1S/C16H22N4O4S/c1-11-12(2)24-15(18-11)9-17-16(21)14-8-13(10-19(14)3)25(22,23)20-6-4-5-7-20/h8,10H,4-7,9H2,1-3H3,(H,17,21). The van der Waals surface area contributed by atoms with Gasteiger partial charge in [-0.25, -0.2) is 13.4 Å². The highest BCUT2D eigenvalue weighted by Crippen LogP contribution is 2.22. The Morgan fingerprint density at radius 3 is 2.60 bits per heavy atom. The van der Waals surface area contributed by atoms with Crippen LogP contribution in [-0.2, 0) is 23.6 Å². The summed E-state index contributed by atoms with van der Waals surface area (Å²) < 4.78 is 33.6. The Balaban J connectivity index is 1.74. The van der Waals surface area contributed by atoms with Gasteiger partial charge < -0.3 is 14.3 Å². The third-order valence-electron chi connectivity index (χ3n) is 4.39. The number of rotatable bonds is 5. The van der Waals surface area contributed by atoms with Crippen LogP contribution in [0.2, 0.25) is 0 Å². The molecule has 1 saturated heterocycles. The van der Waals surface area contributed by atoms with Crippen molar-refractivity contribution < 1.29 is 17.6 Å². The minimum atomic E-state index is -3.54. The van der Waals surface area contributed by atoms with Crippen LogP contribution in [0.1, 0.15) is 40.7 Å². The molecule has 0 aliphatic carbocycles. The van der Waals surface area contributed by atoms with E-state index in [-0.39, 0.29) is 23.0 Å². The van der Waals surface area contributed by atoms with Crippen molar-refractivity contribution in [1.82, 2.24) is 19.2 Å². The van der Waals surface area contributed by atoms with Crippen molar-refractivity contribution in [2.75, 3.05) is 13.1 Å². The summed E-state index contributed by atoms with van der Waals surface area (Å²) in [5.74, 6) is 0.753. The first-order chi connectivity index (χ1) is 11.8. The lowest BCUT2D eigenvalue weighted by molar-refractivity contribution is 0.0939. The van der Waals surface area contributed by atoms with Crippen LogP contribution in [0.5, 0.6) is 0 Å². The summed E-state index contributed by atoms with van der Waals surface area (Å²) in [6.07, 6.45) is 3.21. The molecule has 1 N–H and O–H groups in total. The Morgan fingerprint density at radius 1 is 1.32 bits per heavy atom. The second kappa shape index (κ2) is 6.64.